The van der Waals surface area contributed by atoms with E-state index in [2.05, 4.69) is 30.7 Å². The van der Waals surface area contributed by atoms with Crippen molar-refractivity contribution in [3.63, 3.8) is 0 Å². The Kier molecular flexibility index (Phi) is 6.05. The van der Waals surface area contributed by atoms with E-state index in [1.165, 1.54) is 0 Å². The van der Waals surface area contributed by atoms with Crippen LogP contribution in [0.2, 0.25) is 0 Å². The summed E-state index contributed by atoms with van der Waals surface area (Å²) in [5.74, 6) is -0.285. The molecule has 5 heteroatoms. The number of esters is 1. The van der Waals surface area contributed by atoms with E-state index < -0.39 is 6.04 Å². The van der Waals surface area contributed by atoms with Crippen LogP contribution in [-0.2, 0) is 9.53 Å². The minimum atomic E-state index is -0.491. The lowest BCUT2D eigenvalue weighted by molar-refractivity contribution is -0.144. The van der Waals surface area contributed by atoms with Crippen LogP contribution in [0.5, 0.6) is 0 Å². The van der Waals surface area contributed by atoms with Crippen molar-refractivity contribution in [1.82, 2.24) is 9.80 Å². The maximum absolute atomic E-state index is 11.4. The van der Waals surface area contributed by atoms with Crippen molar-refractivity contribution < 1.29 is 9.53 Å². The number of hydrogen-bond acceptors (Lipinski definition) is 5. The number of nitrogens with zero attached hydrogens (tertiary/aromatic N) is 2. The van der Waals surface area contributed by atoms with Crippen LogP contribution in [0.4, 0.5) is 0 Å². The molecule has 18 heavy (non-hydrogen) atoms. The van der Waals surface area contributed by atoms with Crippen molar-refractivity contribution >= 4 is 5.97 Å². The fraction of sp³-hybridized carbons (Fsp3) is 0.923. The minimum absolute atomic E-state index is 0.285. The van der Waals surface area contributed by atoms with Gasteiger partial charge in [-0.15, -0.1) is 0 Å². The fourth-order valence-corrected chi connectivity index (χ4v) is 2.39. The number of hydrogen-bond donors (Lipinski definition) is 1. The Morgan fingerprint density at radius 2 is 1.94 bits per heavy atom. The molecule has 0 amide bonds. The Labute approximate surface area is 110 Å². The third-order valence-electron chi connectivity index (χ3n) is 3.78. The summed E-state index contributed by atoms with van der Waals surface area (Å²) in [5, 5.41) is 0. The van der Waals surface area contributed by atoms with E-state index in [1.54, 1.807) is 6.92 Å². The van der Waals surface area contributed by atoms with Crippen molar-refractivity contribution in [3.8, 4) is 0 Å². The molecule has 3 unspecified atom stereocenters. The summed E-state index contributed by atoms with van der Waals surface area (Å²) in [6, 6.07) is 0.607. The number of piperazine rings is 1. The van der Waals surface area contributed by atoms with Gasteiger partial charge in [0, 0.05) is 31.7 Å². The second-order valence-electron chi connectivity index (χ2n) is 5.27. The summed E-state index contributed by atoms with van der Waals surface area (Å²) in [7, 11) is 2.16. The molecule has 0 aliphatic carbocycles. The molecule has 1 saturated heterocycles. The summed E-state index contributed by atoms with van der Waals surface area (Å²) in [6.45, 7) is 9.60. The zero-order valence-electron chi connectivity index (χ0n) is 12.1. The van der Waals surface area contributed by atoms with Gasteiger partial charge in [-0.05, 0) is 34.2 Å². The molecule has 0 aromatic heterocycles. The summed E-state index contributed by atoms with van der Waals surface area (Å²) < 4.78 is 4.91. The molecule has 1 aliphatic heterocycles. The topological polar surface area (TPSA) is 58.8 Å². The number of carbonyl (C=O) groups is 1. The van der Waals surface area contributed by atoms with Gasteiger partial charge in [0.25, 0.3) is 0 Å². The molecule has 1 heterocycles. The molecule has 3 atom stereocenters. The van der Waals surface area contributed by atoms with Gasteiger partial charge in [0.1, 0.15) is 6.04 Å². The average molecular weight is 257 g/mol. The highest BCUT2D eigenvalue weighted by Crippen LogP contribution is 2.13. The predicted octanol–water partition coefficient (Wildman–Crippen LogP) is 0.291. The van der Waals surface area contributed by atoms with Gasteiger partial charge < -0.3 is 15.4 Å². The molecular formula is C13H27N3O2. The maximum Gasteiger partial charge on any atom is 0.322 e. The lowest BCUT2D eigenvalue weighted by Gasteiger charge is -2.42. The predicted molar refractivity (Wildman–Crippen MR) is 72.4 cm³/mol. The monoisotopic (exact) mass is 257 g/mol. The summed E-state index contributed by atoms with van der Waals surface area (Å²) in [6.07, 6.45) is 0.669. The van der Waals surface area contributed by atoms with Crippen LogP contribution in [0.3, 0.4) is 0 Å². The highest BCUT2D eigenvalue weighted by molar-refractivity contribution is 5.75. The van der Waals surface area contributed by atoms with E-state index in [4.69, 9.17) is 10.5 Å². The zero-order valence-corrected chi connectivity index (χ0v) is 12.1. The Bertz CT molecular complexity index is 261. The summed E-state index contributed by atoms with van der Waals surface area (Å²) in [4.78, 5) is 16.2. The van der Waals surface area contributed by atoms with Crippen LogP contribution in [-0.4, -0.2) is 67.2 Å². The quantitative estimate of drug-likeness (QED) is 0.718. The largest absolute Gasteiger partial charge is 0.465 e. The first-order valence-electron chi connectivity index (χ1n) is 6.82. The fourth-order valence-electron chi connectivity index (χ4n) is 2.39. The highest BCUT2D eigenvalue weighted by atomic mass is 16.5. The Balaban J connectivity index is 2.33. The standard InChI is InChI=1S/C13H27N3O2/c1-5-18-13(17)12(14)6-7-16-8-10(2)15(4)11(3)9-16/h10-12H,5-9,14H2,1-4H3. The molecule has 0 saturated carbocycles. The van der Waals surface area contributed by atoms with Crippen LogP contribution in [0.1, 0.15) is 27.2 Å². The highest BCUT2D eigenvalue weighted by Gasteiger charge is 2.27. The first-order valence-corrected chi connectivity index (χ1v) is 6.82. The van der Waals surface area contributed by atoms with E-state index in [-0.39, 0.29) is 5.97 Å². The van der Waals surface area contributed by atoms with E-state index >= 15 is 0 Å². The van der Waals surface area contributed by atoms with Crippen LogP contribution in [0.15, 0.2) is 0 Å². The molecule has 1 fully saturated rings. The van der Waals surface area contributed by atoms with Crippen LogP contribution in [0, 0.1) is 0 Å². The molecular weight excluding hydrogens is 230 g/mol. The first-order chi connectivity index (χ1) is 8.45. The lowest BCUT2D eigenvalue weighted by Crippen LogP contribution is -2.55. The molecule has 0 bridgehead atoms. The molecule has 0 aromatic carbocycles. The number of ether oxygens (including phenoxy) is 1. The molecule has 0 spiro atoms. The SMILES string of the molecule is CCOC(=O)C(N)CCN1CC(C)N(C)C(C)C1. The third-order valence-corrected chi connectivity index (χ3v) is 3.78. The third kappa shape index (κ3) is 4.23. The van der Waals surface area contributed by atoms with Gasteiger partial charge in [-0.1, -0.05) is 0 Å². The van der Waals surface area contributed by atoms with Gasteiger partial charge >= 0.3 is 5.97 Å². The summed E-state index contributed by atoms with van der Waals surface area (Å²) >= 11 is 0. The molecule has 5 nitrogen and oxygen atoms in total. The molecule has 0 radical (unpaired) electrons. The van der Waals surface area contributed by atoms with Crippen LogP contribution >= 0.6 is 0 Å². The molecule has 1 aliphatic rings. The van der Waals surface area contributed by atoms with E-state index in [0.717, 1.165) is 19.6 Å². The second kappa shape index (κ2) is 7.07. The number of rotatable bonds is 5. The van der Waals surface area contributed by atoms with E-state index in [0.29, 0.717) is 25.1 Å². The van der Waals surface area contributed by atoms with Crippen molar-refractivity contribution in [1.29, 1.82) is 0 Å². The number of carbonyl (C=O) groups excluding carboxylic acids is 1. The van der Waals surface area contributed by atoms with Gasteiger partial charge in [0.05, 0.1) is 6.61 Å². The van der Waals surface area contributed by atoms with Gasteiger partial charge in [0.2, 0.25) is 0 Å². The maximum atomic E-state index is 11.4. The van der Waals surface area contributed by atoms with E-state index in [9.17, 15) is 4.79 Å². The Hall–Kier alpha value is -0.650. The molecule has 1 rings (SSSR count). The lowest BCUT2D eigenvalue weighted by atomic mass is 10.1. The summed E-state index contributed by atoms with van der Waals surface area (Å²) in [5.41, 5.74) is 5.81. The van der Waals surface area contributed by atoms with Crippen molar-refractivity contribution in [2.24, 2.45) is 5.73 Å². The first kappa shape index (κ1) is 15.4. The second-order valence-corrected chi connectivity index (χ2v) is 5.27. The van der Waals surface area contributed by atoms with Gasteiger partial charge in [0.15, 0.2) is 0 Å². The molecule has 106 valence electrons. The zero-order chi connectivity index (χ0) is 13.7. The van der Waals surface area contributed by atoms with Gasteiger partial charge in [-0.25, -0.2) is 0 Å². The normalized spacial score (nSPS) is 28.1. The Morgan fingerprint density at radius 1 is 1.39 bits per heavy atom. The number of nitrogens with two attached hydrogens (primary N) is 1. The molecule has 2 N–H and O–H groups in total. The van der Waals surface area contributed by atoms with Gasteiger partial charge in [-0.2, -0.15) is 0 Å². The molecule has 0 aromatic rings. The van der Waals surface area contributed by atoms with E-state index in [1.807, 2.05) is 0 Å². The Morgan fingerprint density at radius 3 is 2.44 bits per heavy atom. The van der Waals surface area contributed by atoms with Crippen LogP contribution in [0.25, 0.3) is 0 Å². The van der Waals surface area contributed by atoms with Gasteiger partial charge in [-0.3, -0.25) is 9.69 Å². The van der Waals surface area contributed by atoms with Crippen LogP contribution < -0.4 is 5.73 Å². The smallest absolute Gasteiger partial charge is 0.322 e. The van der Waals surface area contributed by atoms with Crippen molar-refractivity contribution in [2.45, 2.75) is 45.3 Å². The average Bonchev–Trinajstić information content (AvgIpc) is 2.33. The number of likely N-dealkylation sites (N-methyl/N-ethyl adjacent to an activating group) is 1. The van der Waals surface area contributed by atoms with Crippen molar-refractivity contribution in [2.75, 3.05) is 33.3 Å². The van der Waals surface area contributed by atoms with Crippen molar-refractivity contribution in [3.05, 3.63) is 0 Å². The minimum Gasteiger partial charge on any atom is -0.465 e.